The lowest BCUT2D eigenvalue weighted by atomic mass is 10.0. The Balaban J connectivity index is 1.98. The van der Waals surface area contributed by atoms with Gasteiger partial charge in [-0.1, -0.05) is 32.0 Å². The van der Waals surface area contributed by atoms with Gasteiger partial charge in [-0.2, -0.15) is 5.10 Å². The topological polar surface area (TPSA) is 83.7 Å². The number of nitrogens with zero attached hydrogens (tertiary/aromatic N) is 1. The normalized spacial score (nSPS) is 12.3. The number of hydrogen-bond acceptors (Lipinski definition) is 4. The maximum atomic E-state index is 12.3. The molecule has 24 heavy (non-hydrogen) atoms. The smallest absolute Gasteiger partial charge is 0.262 e. The summed E-state index contributed by atoms with van der Waals surface area (Å²) in [7, 11) is 0. The lowest BCUT2D eigenvalue weighted by molar-refractivity contribution is -0.123. The first-order valence-electron chi connectivity index (χ1n) is 7.78. The van der Waals surface area contributed by atoms with Gasteiger partial charge in [0, 0.05) is 5.56 Å². The van der Waals surface area contributed by atoms with Crippen molar-refractivity contribution in [2.24, 2.45) is 11.0 Å². The molecule has 2 aromatic rings. The molecule has 1 aromatic heterocycles. The van der Waals surface area contributed by atoms with Crippen LogP contribution in [0.4, 0.5) is 0 Å². The van der Waals surface area contributed by atoms with Gasteiger partial charge in [0.1, 0.15) is 11.8 Å². The Hall–Kier alpha value is -2.89. The van der Waals surface area contributed by atoms with E-state index in [9.17, 15) is 9.59 Å². The molecule has 2 N–H and O–H groups in total. The fourth-order valence-electron chi connectivity index (χ4n) is 2.14. The molecule has 0 unspecified atom stereocenters. The number of carbonyl (C=O) groups excluding carboxylic acids is 2. The van der Waals surface area contributed by atoms with E-state index < -0.39 is 6.04 Å². The second-order valence-corrected chi connectivity index (χ2v) is 5.77. The van der Waals surface area contributed by atoms with Crippen molar-refractivity contribution in [3.8, 4) is 0 Å². The first-order chi connectivity index (χ1) is 11.6. The van der Waals surface area contributed by atoms with E-state index >= 15 is 0 Å². The van der Waals surface area contributed by atoms with Gasteiger partial charge in [-0.25, -0.2) is 5.43 Å². The second kappa shape index (κ2) is 8.67. The van der Waals surface area contributed by atoms with Crippen LogP contribution < -0.4 is 10.7 Å². The van der Waals surface area contributed by atoms with Crippen molar-refractivity contribution in [1.29, 1.82) is 0 Å². The van der Waals surface area contributed by atoms with Crippen molar-refractivity contribution < 1.29 is 14.0 Å². The van der Waals surface area contributed by atoms with Crippen LogP contribution in [0.5, 0.6) is 0 Å². The summed E-state index contributed by atoms with van der Waals surface area (Å²) in [5.41, 5.74) is 2.95. The summed E-state index contributed by atoms with van der Waals surface area (Å²) in [4.78, 5) is 24.6. The molecule has 0 saturated heterocycles. The Morgan fingerprint density at radius 1 is 1.17 bits per heavy atom. The molecule has 0 aliphatic rings. The van der Waals surface area contributed by atoms with Crippen molar-refractivity contribution in [3.05, 3.63) is 60.1 Å². The van der Waals surface area contributed by atoms with Gasteiger partial charge in [0.15, 0.2) is 0 Å². The Bertz CT molecular complexity index is 679. The molecule has 1 heterocycles. The highest BCUT2D eigenvalue weighted by Gasteiger charge is 2.22. The second-order valence-electron chi connectivity index (χ2n) is 5.77. The quantitative estimate of drug-likeness (QED) is 0.605. The third kappa shape index (κ3) is 5.39. The number of carbonyl (C=O) groups is 2. The van der Waals surface area contributed by atoms with Gasteiger partial charge < -0.3 is 9.73 Å². The van der Waals surface area contributed by atoms with Crippen LogP contribution >= 0.6 is 0 Å². The fraction of sp³-hybridized carbons (Fsp3) is 0.278. The molecular formula is C18H21N3O3. The zero-order valence-corrected chi connectivity index (χ0v) is 13.7. The third-order valence-corrected chi connectivity index (χ3v) is 3.27. The predicted molar refractivity (Wildman–Crippen MR) is 91.6 cm³/mol. The molecule has 0 saturated carbocycles. The van der Waals surface area contributed by atoms with Crippen LogP contribution in [-0.4, -0.2) is 24.1 Å². The molecule has 2 rings (SSSR count). The summed E-state index contributed by atoms with van der Waals surface area (Å²) in [6, 6.07) is 11.6. The largest absolute Gasteiger partial charge is 0.463 e. The minimum atomic E-state index is -0.661. The number of rotatable bonds is 7. The highest BCUT2D eigenvalue weighted by atomic mass is 16.3. The number of hydrogen-bond donors (Lipinski definition) is 2. The zero-order chi connectivity index (χ0) is 17.4. The van der Waals surface area contributed by atoms with E-state index in [1.54, 1.807) is 36.4 Å². The molecule has 0 aliphatic carbocycles. The summed E-state index contributed by atoms with van der Waals surface area (Å²) < 4.78 is 5.09. The molecule has 1 aromatic carbocycles. The molecule has 0 spiro atoms. The zero-order valence-electron chi connectivity index (χ0n) is 13.7. The van der Waals surface area contributed by atoms with E-state index in [-0.39, 0.29) is 17.7 Å². The van der Waals surface area contributed by atoms with Gasteiger partial charge in [0.05, 0.1) is 12.5 Å². The Morgan fingerprint density at radius 3 is 2.54 bits per heavy atom. The predicted octanol–water partition coefficient (Wildman–Crippen LogP) is 2.57. The average molecular weight is 327 g/mol. The standard InChI is InChI=1S/C18H21N3O3/c1-13(2)11-16(20-17(22)14-7-4-3-5-8-14)18(23)21-19-12-15-9-6-10-24-15/h3-10,12-13,16H,11H2,1-2H3,(H,20,22)(H,21,23)/t16-/m1/s1. The van der Waals surface area contributed by atoms with E-state index in [0.29, 0.717) is 17.7 Å². The summed E-state index contributed by atoms with van der Waals surface area (Å²) >= 11 is 0. The minimum Gasteiger partial charge on any atom is -0.463 e. The average Bonchev–Trinajstić information content (AvgIpc) is 3.08. The van der Waals surface area contributed by atoms with E-state index in [0.717, 1.165) is 0 Å². The molecule has 0 aliphatic heterocycles. The maximum Gasteiger partial charge on any atom is 0.262 e. The molecule has 6 heteroatoms. The van der Waals surface area contributed by atoms with Crippen LogP contribution in [0.3, 0.4) is 0 Å². The van der Waals surface area contributed by atoms with Crippen molar-refractivity contribution in [2.45, 2.75) is 26.3 Å². The number of furan rings is 1. The van der Waals surface area contributed by atoms with E-state index in [1.807, 2.05) is 19.9 Å². The Labute approximate surface area is 140 Å². The highest BCUT2D eigenvalue weighted by molar-refractivity contribution is 5.97. The van der Waals surface area contributed by atoms with Gasteiger partial charge in [-0.15, -0.1) is 0 Å². The van der Waals surface area contributed by atoms with Gasteiger partial charge >= 0.3 is 0 Å². The number of hydrazone groups is 1. The first-order valence-corrected chi connectivity index (χ1v) is 7.78. The van der Waals surface area contributed by atoms with Crippen LogP contribution in [0, 0.1) is 5.92 Å². The first kappa shape index (κ1) is 17.5. The van der Waals surface area contributed by atoms with Gasteiger partial charge in [0.2, 0.25) is 0 Å². The lowest BCUT2D eigenvalue weighted by Crippen LogP contribution is -2.46. The fourth-order valence-corrected chi connectivity index (χ4v) is 2.14. The summed E-state index contributed by atoms with van der Waals surface area (Å²) in [5.74, 6) is 0.122. The maximum absolute atomic E-state index is 12.3. The van der Waals surface area contributed by atoms with E-state index in [4.69, 9.17) is 4.42 Å². The van der Waals surface area contributed by atoms with Crippen LogP contribution in [0.1, 0.15) is 36.4 Å². The highest BCUT2D eigenvalue weighted by Crippen LogP contribution is 2.07. The van der Waals surface area contributed by atoms with Crippen LogP contribution in [0.2, 0.25) is 0 Å². The molecule has 126 valence electrons. The molecule has 2 amide bonds. The van der Waals surface area contributed by atoms with Crippen LogP contribution in [0.25, 0.3) is 0 Å². The Kier molecular flexibility index (Phi) is 6.31. The third-order valence-electron chi connectivity index (χ3n) is 3.27. The van der Waals surface area contributed by atoms with Gasteiger partial charge in [0.25, 0.3) is 11.8 Å². The van der Waals surface area contributed by atoms with Crippen molar-refractivity contribution in [1.82, 2.24) is 10.7 Å². The summed E-state index contributed by atoms with van der Waals surface area (Å²) in [6.07, 6.45) is 3.44. The number of amides is 2. The Morgan fingerprint density at radius 2 is 1.92 bits per heavy atom. The minimum absolute atomic E-state index is 0.242. The molecular weight excluding hydrogens is 306 g/mol. The van der Waals surface area contributed by atoms with Crippen molar-refractivity contribution in [2.75, 3.05) is 0 Å². The summed E-state index contributed by atoms with van der Waals surface area (Å²) in [5, 5.41) is 6.61. The number of nitrogens with one attached hydrogen (secondary N) is 2. The monoisotopic (exact) mass is 327 g/mol. The molecule has 6 nitrogen and oxygen atoms in total. The summed E-state index contributed by atoms with van der Waals surface area (Å²) in [6.45, 7) is 3.97. The van der Waals surface area contributed by atoms with E-state index in [1.165, 1.54) is 12.5 Å². The van der Waals surface area contributed by atoms with Gasteiger partial charge in [-0.3, -0.25) is 9.59 Å². The van der Waals surface area contributed by atoms with Crippen molar-refractivity contribution >= 4 is 18.0 Å². The number of benzene rings is 1. The molecule has 1 atom stereocenters. The molecule has 0 bridgehead atoms. The molecule has 0 fully saturated rings. The SMILES string of the molecule is CC(C)C[C@@H](NC(=O)c1ccccc1)C(=O)NN=Cc1ccco1. The van der Waals surface area contributed by atoms with Crippen molar-refractivity contribution in [3.63, 3.8) is 0 Å². The van der Waals surface area contributed by atoms with E-state index in [2.05, 4.69) is 15.8 Å². The molecule has 0 radical (unpaired) electrons. The van der Waals surface area contributed by atoms with Gasteiger partial charge in [-0.05, 0) is 36.6 Å². The van der Waals surface area contributed by atoms with Crippen LogP contribution in [0.15, 0.2) is 58.2 Å². The van der Waals surface area contributed by atoms with Crippen LogP contribution in [-0.2, 0) is 4.79 Å². The lowest BCUT2D eigenvalue weighted by Gasteiger charge is -2.18.